The molecule has 1 saturated carbocycles. The number of guanidine groups is 1. The fraction of sp³-hybridized carbons (Fsp3) is 0.444. The molecule has 4 nitrogen and oxygen atoms in total. The molecule has 0 radical (unpaired) electrons. The zero-order chi connectivity index (χ0) is 17.8. The topological polar surface area (TPSA) is 49.3 Å². The Morgan fingerprint density at radius 2 is 2.04 bits per heavy atom. The minimum Gasteiger partial charge on any atom is -0.357 e. The zero-order valence-corrected chi connectivity index (χ0v) is 17.9. The molecule has 0 amide bonds. The van der Waals surface area contributed by atoms with Gasteiger partial charge in [-0.05, 0) is 31.9 Å². The summed E-state index contributed by atoms with van der Waals surface area (Å²) in [6.07, 6.45) is 3.55. The Bertz CT molecular complexity index is 745. The molecule has 2 aromatic rings. The van der Waals surface area contributed by atoms with Gasteiger partial charge in [-0.25, -0.2) is 18.8 Å². The molecule has 2 N–H and O–H groups in total. The molecular weight excluding hydrogens is 469 g/mol. The number of hydrogen-bond acceptors (Lipinski definition) is 3. The SMILES string of the molecule is CCNC(=NCc1ncc(CC)s1)NC1CC1c1c(F)cccc1F.I. The third-order valence-electron chi connectivity index (χ3n) is 4.15. The van der Waals surface area contributed by atoms with Gasteiger partial charge in [-0.1, -0.05) is 13.0 Å². The molecule has 0 aliphatic heterocycles. The van der Waals surface area contributed by atoms with Crippen molar-refractivity contribution >= 4 is 41.3 Å². The van der Waals surface area contributed by atoms with E-state index >= 15 is 0 Å². The molecular formula is C18H23F2IN4S. The summed E-state index contributed by atoms with van der Waals surface area (Å²) < 4.78 is 27.8. The summed E-state index contributed by atoms with van der Waals surface area (Å²) in [6, 6.07) is 4.00. The van der Waals surface area contributed by atoms with Gasteiger partial charge in [0, 0.05) is 35.1 Å². The lowest BCUT2D eigenvalue weighted by Gasteiger charge is -2.11. The number of nitrogens with zero attached hydrogens (tertiary/aromatic N) is 2. The van der Waals surface area contributed by atoms with Crippen LogP contribution in [0.3, 0.4) is 0 Å². The van der Waals surface area contributed by atoms with Crippen molar-refractivity contribution in [3.05, 3.63) is 51.5 Å². The van der Waals surface area contributed by atoms with Crippen LogP contribution in [-0.4, -0.2) is 23.5 Å². The van der Waals surface area contributed by atoms with Crippen LogP contribution >= 0.6 is 35.3 Å². The van der Waals surface area contributed by atoms with Crippen LogP contribution in [0.4, 0.5) is 8.78 Å². The zero-order valence-electron chi connectivity index (χ0n) is 14.8. The number of halogens is 3. The lowest BCUT2D eigenvalue weighted by molar-refractivity contribution is 0.553. The van der Waals surface area contributed by atoms with E-state index in [4.69, 9.17) is 0 Å². The number of hydrogen-bond donors (Lipinski definition) is 2. The average molecular weight is 492 g/mol. The minimum atomic E-state index is -0.480. The van der Waals surface area contributed by atoms with Crippen LogP contribution in [0, 0.1) is 11.6 Å². The molecule has 1 aliphatic rings. The summed E-state index contributed by atoms with van der Waals surface area (Å²) in [7, 11) is 0. The smallest absolute Gasteiger partial charge is 0.191 e. The molecule has 3 rings (SSSR count). The van der Waals surface area contributed by atoms with E-state index in [0.717, 1.165) is 18.0 Å². The summed E-state index contributed by atoms with van der Waals surface area (Å²) in [5.41, 5.74) is 0.170. The van der Waals surface area contributed by atoms with Crippen molar-refractivity contribution in [2.45, 2.75) is 45.2 Å². The maximum absolute atomic E-state index is 13.9. The second-order valence-corrected chi connectivity index (χ2v) is 7.20. The number of benzene rings is 1. The number of rotatable bonds is 6. The van der Waals surface area contributed by atoms with E-state index in [-0.39, 0.29) is 41.5 Å². The molecule has 0 bridgehead atoms. The molecule has 1 aromatic carbocycles. The monoisotopic (exact) mass is 492 g/mol. The Hall–Kier alpha value is -1.29. The molecule has 26 heavy (non-hydrogen) atoms. The molecule has 1 heterocycles. The summed E-state index contributed by atoms with van der Waals surface area (Å²) in [5.74, 6) is -0.464. The number of thiazole rings is 1. The van der Waals surface area contributed by atoms with Crippen LogP contribution in [0.15, 0.2) is 29.4 Å². The molecule has 142 valence electrons. The van der Waals surface area contributed by atoms with Crippen LogP contribution < -0.4 is 10.6 Å². The highest BCUT2D eigenvalue weighted by molar-refractivity contribution is 14.0. The molecule has 2 atom stereocenters. The van der Waals surface area contributed by atoms with Gasteiger partial charge in [-0.3, -0.25) is 0 Å². The van der Waals surface area contributed by atoms with E-state index in [0.29, 0.717) is 18.9 Å². The van der Waals surface area contributed by atoms with E-state index in [2.05, 4.69) is 27.5 Å². The lowest BCUT2D eigenvalue weighted by Crippen LogP contribution is -2.39. The Morgan fingerprint density at radius 3 is 2.65 bits per heavy atom. The summed E-state index contributed by atoms with van der Waals surface area (Å²) >= 11 is 1.66. The largest absolute Gasteiger partial charge is 0.357 e. The molecule has 8 heteroatoms. The first-order valence-corrected chi connectivity index (χ1v) is 9.36. The van der Waals surface area contributed by atoms with Crippen molar-refractivity contribution in [2.75, 3.05) is 6.54 Å². The van der Waals surface area contributed by atoms with E-state index < -0.39 is 11.6 Å². The summed E-state index contributed by atoms with van der Waals surface area (Å²) in [5, 5.41) is 7.40. The molecule has 2 unspecified atom stereocenters. The van der Waals surface area contributed by atoms with Crippen LogP contribution in [0.2, 0.25) is 0 Å². The first-order valence-electron chi connectivity index (χ1n) is 8.54. The predicted molar refractivity (Wildman–Crippen MR) is 112 cm³/mol. The molecule has 0 spiro atoms. The number of aryl methyl sites for hydroxylation is 1. The molecule has 0 saturated heterocycles. The number of aromatic nitrogens is 1. The second-order valence-electron chi connectivity index (χ2n) is 6.00. The Kier molecular flexibility index (Phi) is 7.75. The Labute approximate surface area is 173 Å². The number of aliphatic imine (C=N–C) groups is 1. The van der Waals surface area contributed by atoms with Crippen LogP contribution in [-0.2, 0) is 13.0 Å². The third-order valence-corrected chi connectivity index (χ3v) is 5.28. The average Bonchev–Trinajstić information content (AvgIpc) is 3.17. The van der Waals surface area contributed by atoms with Crippen molar-refractivity contribution < 1.29 is 8.78 Å². The van der Waals surface area contributed by atoms with Crippen molar-refractivity contribution in [1.29, 1.82) is 0 Å². The quantitative estimate of drug-likeness (QED) is 0.361. The second kappa shape index (κ2) is 9.59. The van der Waals surface area contributed by atoms with Crippen LogP contribution in [0.1, 0.15) is 41.6 Å². The van der Waals surface area contributed by atoms with Gasteiger partial charge in [0.25, 0.3) is 0 Å². The maximum Gasteiger partial charge on any atom is 0.191 e. The van der Waals surface area contributed by atoms with Gasteiger partial charge in [-0.2, -0.15) is 0 Å². The van der Waals surface area contributed by atoms with Crippen molar-refractivity contribution in [2.24, 2.45) is 4.99 Å². The van der Waals surface area contributed by atoms with E-state index in [1.54, 1.807) is 11.3 Å². The van der Waals surface area contributed by atoms with Crippen LogP contribution in [0.25, 0.3) is 0 Å². The van der Waals surface area contributed by atoms with Crippen molar-refractivity contribution in [3.63, 3.8) is 0 Å². The van der Waals surface area contributed by atoms with E-state index in [1.807, 2.05) is 13.1 Å². The summed E-state index contributed by atoms with van der Waals surface area (Å²) in [6.45, 7) is 5.29. The molecule has 1 aromatic heterocycles. The highest BCUT2D eigenvalue weighted by Crippen LogP contribution is 2.43. The van der Waals surface area contributed by atoms with E-state index in [9.17, 15) is 8.78 Å². The van der Waals surface area contributed by atoms with Crippen molar-refractivity contribution in [3.8, 4) is 0 Å². The maximum atomic E-state index is 13.9. The first kappa shape index (κ1) is 21.0. The Morgan fingerprint density at radius 1 is 1.31 bits per heavy atom. The van der Waals surface area contributed by atoms with E-state index in [1.165, 1.54) is 23.1 Å². The van der Waals surface area contributed by atoms with Gasteiger partial charge in [-0.15, -0.1) is 35.3 Å². The number of nitrogens with one attached hydrogen (secondary N) is 2. The fourth-order valence-electron chi connectivity index (χ4n) is 2.77. The predicted octanol–water partition coefficient (Wildman–Crippen LogP) is 4.21. The minimum absolute atomic E-state index is 0. The van der Waals surface area contributed by atoms with Crippen LogP contribution in [0.5, 0.6) is 0 Å². The molecule has 1 fully saturated rings. The lowest BCUT2D eigenvalue weighted by atomic mass is 10.1. The van der Waals surface area contributed by atoms with Crippen molar-refractivity contribution in [1.82, 2.24) is 15.6 Å². The third kappa shape index (κ3) is 5.12. The van der Waals surface area contributed by atoms with Gasteiger partial charge in [0.15, 0.2) is 5.96 Å². The summed E-state index contributed by atoms with van der Waals surface area (Å²) in [4.78, 5) is 10.1. The highest BCUT2D eigenvalue weighted by Gasteiger charge is 2.42. The van der Waals surface area contributed by atoms with Gasteiger partial charge in [0.1, 0.15) is 16.6 Å². The van der Waals surface area contributed by atoms with Gasteiger partial charge < -0.3 is 10.6 Å². The standard InChI is InChI=1S/C18H22F2N4S.HI/c1-3-11-9-22-16(25-11)10-23-18(21-4-2)24-15-8-12(15)17-13(19)6-5-7-14(17)20;/h5-7,9,12,15H,3-4,8,10H2,1-2H3,(H2,21,23,24);1H. The first-order chi connectivity index (χ1) is 12.1. The van der Waals surface area contributed by atoms with Gasteiger partial charge >= 0.3 is 0 Å². The highest BCUT2D eigenvalue weighted by atomic mass is 127. The van der Waals surface area contributed by atoms with Gasteiger partial charge in [0.05, 0.1) is 6.54 Å². The van der Waals surface area contributed by atoms with Gasteiger partial charge in [0.2, 0.25) is 0 Å². The fourth-order valence-corrected chi connectivity index (χ4v) is 3.55. The molecule has 1 aliphatic carbocycles. The normalized spacial score (nSPS) is 19.0. The Balaban J connectivity index is 0.00000243.